The Balaban J connectivity index is 2.72. The Morgan fingerprint density at radius 1 is 1.21 bits per heavy atom. The quantitative estimate of drug-likeness (QED) is 0.785. The van der Waals surface area contributed by atoms with Crippen LogP contribution in [0.2, 0.25) is 0 Å². The van der Waals surface area contributed by atoms with Crippen LogP contribution in [0, 0.1) is 0 Å². The highest BCUT2D eigenvalue weighted by atomic mass is 16.5. The summed E-state index contributed by atoms with van der Waals surface area (Å²) < 4.78 is 16.6. The zero-order valence-electron chi connectivity index (χ0n) is 11.9. The van der Waals surface area contributed by atoms with Crippen LogP contribution >= 0.6 is 0 Å². The van der Waals surface area contributed by atoms with E-state index in [1.54, 1.807) is 6.07 Å². The van der Waals surface area contributed by atoms with E-state index >= 15 is 0 Å². The van der Waals surface area contributed by atoms with E-state index in [1.165, 1.54) is 21.1 Å². The Morgan fingerprint density at radius 3 is 2.37 bits per heavy atom. The van der Waals surface area contributed by atoms with Crippen LogP contribution in [0.3, 0.4) is 0 Å². The average molecular weight is 262 g/mol. The molecule has 0 aromatic heterocycles. The number of methoxy groups -OCH3 is 2. The summed E-state index contributed by atoms with van der Waals surface area (Å²) in [6.45, 7) is 5.41. The van der Waals surface area contributed by atoms with Gasteiger partial charge in [0, 0.05) is 5.56 Å². The fraction of sp³-hybridized carbons (Fsp3) is 0.400. The van der Waals surface area contributed by atoms with Crippen molar-refractivity contribution in [3.63, 3.8) is 0 Å². The molecule has 1 aromatic rings. The summed E-state index contributed by atoms with van der Waals surface area (Å²) in [6.07, 6.45) is 3.89. The van der Waals surface area contributed by atoms with E-state index in [1.807, 2.05) is 26.0 Å². The average Bonchev–Trinajstić information content (AvgIpc) is 2.35. The second kappa shape index (κ2) is 4.61. The van der Waals surface area contributed by atoms with Crippen molar-refractivity contribution >= 4 is 11.9 Å². The normalized spacial score (nSPS) is 15.4. The van der Waals surface area contributed by atoms with E-state index in [2.05, 4.69) is 0 Å². The number of ether oxygens (including phenoxy) is 3. The molecule has 0 bridgehead atoms. The van der Waals surface area contributed by atoms with Gasteiger partial charge in [0.15, 0.2) is 17.3 Å². The zero-order chi connectivity index (χ0) is 14.2. The van der Waals surface area contributed by atoms with Gasteiger partial charge >= 0.3 is 0 Å². The first kappa shape index (κ1) is 13.5. The van der Waals surface area contributed by atoms with E-state index in [-0.39, 0.29) is 5.78 Å². The van der Waals surface area contributed by atoms with Crippen LogP contribution in [0.5, 0.6) is 17.2 Å². The number of benzene rings is 1. The molecule has 1 heterocycles. The molecular weight excluding hydrogens is 244 g/mol. The van der Waals surface area contributed by atoms with Crippen molar-refractivity contribution in [3.8, 4) is 17.2 Å². The van der Waals surface area contributed by atoms with Crippen LogP contribution in [0.4, 0.5) is 0 Å². The first-order chi connectivity index (χ1) is 8.89. The third kappa shape index (κ3) is 2.30. The summed E-state index contributed by atoms with van der Waals surface area (Å²) in [5, 5.41) is 0. The lowest BCUT2D eigenvalue weighted by atomic mass is 9.98. The second-order valence-electron chi connectivity index (χ2n) is 5.00. The van der Waals surface area contributed by atoms with Crippen LogP contribution in [0.15, 0.2) is 12.1 Å². The highest BCUT2D eigenvalue weighted by molar-refractivity contribution is 5.99. The molecule has 1 aliphatic rings. The molecular formula is C15H18O4. The Labute approximate surface area is 113 Å². The molecule has 0 fully saturated rings. The lowest BCUT2D eigenvalue weighted by Crippen LogP contribution is -2.28. The standard InChI is InChI=1S/C15H18O4/c1-9(16)11-8-10-6-7-15(2,3)19-12(10)14(18-5)13(11)17-4/h6-8H,1-5H3. The number of ketones is 1. The van der Waals surface area contributed by atoms with Crippen molar-refractivity contribution in [3.05, 3.63) is 23.3 Å². The van der Waals surface area contributed by atoms with Crippen molar-refractivity contribution in [2.45, 2.75) is 26.4 Å². The molecule has 4 nitrogen and oxygen atoms in total. The predicted molar refractivity (Wildman–Crippen MR) is 73.3 cm³/mol. The third-order valence-electron chi connectivity index (χ3n) is 3.04. The smallest absolute Gasteiger partial charge is 0.204 e. The van der Waals surface area contributed by atoms with Gasteiger partial charge in [0.05, 0.1) is 19.8 Å². The molecule has 0 radical (unpaired) electrons. The maximum absolute atomic E-state index is 11.7. The molecule has 0 saturated heterocycles. The molecule has 0 amide bonds. The second-order valence-corrected chi connectivity index (χ2v) is 5.00. The highest BCUT2D eigenvalue weighted by Crippen LogP contribution is 2.46. The minimum atomic E-state index is -0.414. The number of hydrogen-bond acceptors (Lipinski definition) is 4. The van der Waals surface area contributed by atoms with Gasteiger partial charge < -0.3 is 14.2 Å². The maximum Gasteiger partial charge on any atom is 0.204 e. The molecule has 0 unspecified atom stereocenters. The molecule has 102 valence electrons. The molecule has 2 rings (SSSR count). The lowest BCUT2D eigenvalue weighted by molar-refractivity contribution is 0.101. The largest absolute Gasteiger partial charge is 0.492 e. The number of Topliss-reactive ketones (excluding diaryl/α,β-unsaturated/α-hetero) is 1. The van der Waals surface area contributed by atoms with Gasteiger partial charge in [-0.05, 0) is 32.9 Å². The van der Waals surface area contributed by atoms with E-state index in [0.29, 0.717) is 22.8 Å². The summed E-state index contributed by atoms with van der Waals surface area (Å²) >= 11 is 0. The molecule has 0 N–H and O–H groups in total. The predicted octanol–water partition coefficient (Wildman–Crippen LogP) is 3.09. The molecule has 19 heavy (non-hydrogen) atoms. The summed E-state index contributed by atoms with van der Waals surface area (Å²) in [5.74, 6) is 1.41. The lowest BCUT2D eigenvalue weighted by Gasteiger charge is -2.30. The van der Waals surface area contributed by atoms with Crippen molar-refractivity contribution in [1.82, 2.24) is 0 Å². The number of fused-ring (bicyclic) bond motifs is 1. The maximum atomic E-state index is 11.7. The van der Waals surface area contributed by atoms with E-state index in [4.69, 9.17) is 14.2 Å². The van der Waals surface area contributed by atoms with Gasteiger partial charge in [0.2, 0.25) is 5.75 Å². The molecule has 4 heteroatoms. The minimum Gasteiger partial charge on any atom is -0.492 e. The van der Waals surface area contributed by atoms with Crippen LogP contribution in [-0.4, -0.2) is 25.6 Å². The van der Waals surface area contributed by atoms with Gasteiger partial charge in [0.1, 0.15) is 5.60 Å². The summed E-state index contributed by atoms with van der Waals surface area (Å²) in [7, 11) is 3.05. The van der Waals surface area contributed by atoms with E-state index in [9.17, 15) is 4.79 Å². The van der Waals surface area contributed by atoms with Crippen molar-refractivity contribution in [1.29, 1.82) is 0 Å². The summed E-state index contributed by atoms with van der Waals surface area (Å²) in [5.41, 5.74) is 0.900. The SMILES string of the molecule is COc1c(C(C)=O)cc2c(c1OC)OC(C)(C)C=C2. The first-order valence-corrected chi connectivity index (χ1v) is 6.08. The van der Waals surface area contributed by atoms with Gasteiger partial charge in [-0.1, -0.05) is 6.08 Å². The van der Waals surface area contributed by atoms with E-state index < -0.39 is 5.60 Å². The Kier molecular flexibility index (Phi) is 3.27. The van der Waals surface area contributed by atoms with Gasteiger partial charge in [-0.25, -0.2) is 0 Å². The number of rotatable bonds is 3. The molecule has 0 aliphatic carbocycles. The van der Waals surface area contributed by atoms with Crippen LogP contribution in [-0.2, 0) is 0 Å². The fourth-order valence-electron chi connectivity index (χ4n) is 2.11. The van der Waals surface area contributed by atoms with E-state index in [0.717, 1.165) is 5.56 Å². The van der Waals surface area contributed by atoms with Gasteiger partial charge in [-0.3, -0.25) is 4.79 Å². The first-order valence-electron chi connectivity index (χ1n) is 6.08. The molecule has 1 aliphatic heterocycles. The molecule has 1 aromatic carbocycles. The van der Waals surface area contributed by atoms with Crippen LogP contribution in [0.1, 0.15) is 36.7 Å². The number of carbonyl (C=O) groups excluding carboxylic acids is 1. The topological polar surface area (TPSA) is 44.8 Å². The fourth-order valence-corrected chi connectivity index (χ4v) is 2.11. The summed E-state index contributed by atoms with van der Waals surface area (Å²) in [4.78, 5) is 11.7. The van der Waals surface area contributed by atoms with Gasteiger partial charge in [-0.15, -0.1) is 0 Å². The molecule has 0 atom stereocenters. The molecule has 0 spiro atoms. The van der Waals surface area contributed by atoms with Crippen LogP contribution in [0.25, 0.3) is 6.08 Å². The Bertz CT molecular complexity index is 556. The van der Waals surface area contributed by atoms with Crippen LogP contribution < -0.4 is 14.2 Å². The van der Waals surface area contributed by atoms with Crippen molar-refractivity contribution in [2.75, 3.05) is 14.2 Å². The Morgan fingerprint density at radius 2 is 1.84 bits per heavy atom. The molecule has 0 saturated carbocycles. The zero-order valence-corrected chi connectivity index (χ0v) is 11.9. The van der Waals surface area contributed by atoms with Crippen molar-refractivity contribution < 1.29 is 19.0 Å². The number of hydrogen-bond donors (Lipinski definition) is 0. The summed E-state index contributed by atoms with van der Waals surface area (Å²) in [6, 6.07) is 1.77. The van der Waals surface area contributed by atoms with Gasteiger partial charge in [-0.2, -0.15) is 0 Å². The highest BCUT2D eigenvalue weighted by Gasteiger charge is 2.29. The Hall–Kier alpha value is -1.97. The third-order valence-corrected chi connectivity index (χ3v) is 3.04. The van der Waals surface area contributed by atoms with Crippen molar-refractivity contribution in [2.24, 2.45) is 0 Å². The van der Waals surface area contributed by atoms with Gasteiger partial charge in [0.25, 0.3) is 0 Å². The minimum absolute atomic E-state index is 0.0730. The monoisotopic (exact) mass is 262 g/mol. The number of carbonyl (C=O) groups is 1.